The van der Waals surface area contributed by atoms with E-state index in [-0.39, 0.29) is 0 Å². The van der Waals surface area contributed by atoms with Crippen molar-refractivity contribution in [1.82, 2.24) is 0 Å². The lowest BCUT2D eigenvalue weighted by Crippen LogP contribution is -2.02. The Balaban J connectivity index is 1.99. The van der Waals surface area contributed by atoms with Crippen molar-refractivity contribution in [2.75, 3.05) is 12.3 Å². The van der Waals surface area contributed by atoms with Crippen molar-refractivity contribution in [1.29, 1.82) is 0 Å². The second kappa shape index (κ2) is 2.74. The maximum atomic E-state index is 5.44. The molecular weight excluding hydrogens is 118 g/mol. The Morgan fingerprint density at radius 3 is 2.88 bits per heavy atom. The average Bonchev–Trinajstić information content (AvgIpc) is 2.48. The fourth-order valence-corrected chi connectivity index (χ4v) is 2.08. The van der Waals surface area contributed by atoms with Crippen LogP contribution in [0.25, 0.3) is 0 Å². The highest BCUT2D eigenvalue weighted by atomic mass is 32.2. The van der Waals surface area contributed by atoms with Crippen LogP contribution in [0.15, 0.2) is 0 Å². The molecule has 1 saturated carbocycles. The lowest BCUT2D eigenvalue weighted by Gasteiger charge is -1.90. The van der Waals surface area contributed by atoms with E-state index in [1.807, 2.05) is 11.8 Å². The molecule has 2 N–H and O–H groups in total. The van der Waals surface area contributed by atoms with E-state index < -0.39 is 0 Å². The Morgan fingerprint density at radius 1 is 1.75 bits per heavy atom. The molecule has 1 aliphatic rings. The molecule has 0 aromatic heterocycles. The van der Waals surface area contributed by atoms with Crippen molar-refractivity contribution in [3.8, 4) is 0 Å². The summed E-state index contributed by atoms with van der Waals surface area (Å²) in [5, 5.41) is 0.921. The van der Waals surface area contributed by atoms with Crippen LogP contribution in [0.2, 0.25) is 0 Å². The normalized spacial score (nSPS) is 35.2. The first-order chi connectivity index (χ1) is 3.88. The van der Waals surface area contributed by atoms with Crippen molar-refractivity contribution < 1.29 is 0 Å². The van der Waals surface area contributed by atoms with E-state index >= 15 is 0 Å². The second-order valence-electron chi connectivity index (χ2n) is 2.23. The first-order valence-corrected chi connectivity index (χ1v) is 4.25. The molecule has 0 spiro atoms. The Bertz CT molecular complexity index is 74.9. The van der Waals surface area contributed by atoms with Crippen LogP contribution in [-0.2, 0) is 0 Å². The molecule has 2 unspecified atom stereocenters. The van der Waals surface area contributed by atoms with E-state index in [1.54, 1.807) is 0 Å². The summed E-state index contributed by atoms with van der Waals surface area (Å²) in [4.78, 5) is 0. The fraction of sp³-hybridized carbons (Fsp3) is 1.00. The summed E-state index contributed by atoms with van der Waals surface area (Å²) in [5.41, 5.74) is 5.44. The molecule has 1 rings (SSSR count). The number of rotatable bonds is 3. The minimum absolute atomic E-state index is 0.861. The lowest BCUT2D eigenvalue weighted by molar-refractivity contribution is 0.851. The lowest BCUT2D eigenvalue weighted by atomic mass is 10.4. The van der Waals surface area contributed by atoms with Gasteiger partial charge in [0.1, 0.15) is 0 Å². The molecule has 0 bridgehead atoms. The van der Waals surface area contributed by atoms with Crippen LogP contribution in [0.3, 0.4) is 0 Å². The van der Waals surface area contributed by atoms with E-state index in [0.717, 1.165) is 17.7 Å². The molecule has 0 amide bonds. The van der Waals surface area contributed by atoms with Crippen LogP contribution in [0, 0.1) is 5.92 Å². The molecule has 2 atom stereocenters. The maximum absolute atomic E-state index is 5.44. The summed E-state index contributed by atoms with van der Waals surface area (Å²) in [6.07, 6.45) is 1.37. The van der Waals surface area contributed by atoms with E-state index in [4.69, 9.17) is 5.73 Å². The largest absolute Gasteiger partial charge is 0.330 e. The van der Waals surface area contributed by atoms with E-state index in [9.17, 15) is 0 Å². The SMILES string of the molecule is CCSC1CC1CN. The molecular formula is C6H13NS. The third-order valence-electron chi connectivity index (χ3n) is 1.54. The van der Waals surface area contributed by atoms with Gasteiger partial charge in [-0.2, -0.15) is 11.8 Å². The number of nitrogens with two attached hydrogens (primary N) is 1. The Kier molecular flexibility index (Phi) is 2.20. The minimum Gasteiger partial charge on any atom is -0.330 e. The van der Waals surface area contributed by atoms with Gasteiger partial charge in [-0.25, -0.2) is 0 Å². The summed E-state index contributed by atoms with van der Waals surface area (Å²) >= 11 is 2.05. The van der Waals surface area contributed by atoms with Crippen molar-refractivity contribution in [2.45, 2.75) is 18.6 Å². The van der Waals surface area contributed by atoms with Gasteiger partial charge in [0.2, 0.25) is 0 Å². The molecule has 0 radical (unpaired) electrons. The van der Waals surface area contributed by atoms with Gasteiger partial charge in [0, 0.05) is 5.25 Å². The van der Waals surface area contributed by atoms with Crippen molar-refractivity contribution in [3.05, 3.63) is 0 Å². The Morgan fingerprint density at radius 2 is 2.50 bits per heavy atom. The molecule has 2 heteroatoms. The summed E-state index contributed by atoms with van der Waals surface area (Å²) < 4.78 is 0. The van der Waals surface area contributed by atoms with Crippen LogP contribution < -0.4 is 5.73 Å². The number of hydrogen-bond acceptors (Lipinski definition) is 2. The molecule has 1 nitrogen and oxygen atoms in total. The molecule has 8 heavy (non-hydrogen) atoms. The zero-order valence-corrected chi connectivity index (χ0v) is 6.08. The van der Waals surface area contributed by atoms with Gasteiger partial charge in [0.25, 0.3) is 0 Å². The fourth-order valence-electron chi connectivity index (χ4n) is 0.886. The second-order valence-corrected chi connectivity index (χ2v) is 3.74. The van der Waals surface area contributed by atoms with Gasteiger partial charge in [-0.3, -0.25) is 0 Å². The highest BCUT2D eigenvalue weighted by Crippen LogP contribution is 2.40. The van der Waals surface area contributed by atoms with Gasteiger partial charge in [0.15, 0.2) is 0 Å². The summed E-state index contributed by atoms with van der Waals surface area (Å²) in [7, 11) is 0. The highest BCUT2D eigenvalue weighted by molar-refractivity contribution is 8.00. The summed E-state index contributed by atoms with van der Waals surface area (Å²) in [6.45, 7) is 3.11. The highest BCUT2D eigenvalue weighted by Gasteiger charge is 2.35. The topological polar surface area (TPSA) is 26.0 Å². The quantitative estimate of drug-likeness (QED) is 0.620. The third-order valence-corrected chi connectivity index (χ3v) is 2.88. The average molecular weight is 131 g/mol. The zero-order valence-electron chi connectivity index (χ0n) is 5.26. The van der Waals surface area contributed by atoms with Gasteiger partial charge in [-0.15, -0.1) is 0 Å². The molecule has 0 aliphatic heterocycles. The Hall–Kier alpha value is 0.310. The van der Waals surface area contributed by atoms with E-state index in [1.165, 1.54) is 12.2 Å². The molecule has 1 fully saturated rings. The standard InChI is InChI=1S/C6H13NS/c1-2-8-6-3-5(6)4-7/h5-6H,2-4,7H2,1H3. The molecule has 0 aromatic rings. The van der Waals surface area contributed by atoms with E-state index in [0.29, 0.717) is 0 Å². The smallest absolute Gasteiger partial charge is 0.00911 e. The van der Waals surface area contributed by atoms with Crippen LogP contribution in [0.5, 0.6) is 0 Å². The van der Waals surface area contributed by atoms with Crippen molar-refractivity contribution in [2.24, 2.45) is 11.7 Å². The van der Waals surface area contributed by atoms with Crippen molar-refractivity contribution in [3.63, 3.8) is 0 Å². The predicted molar refractivity (Wildman–Crippen MR) is 39.1 cm³/mol. The molecule has 1 aliphatic carbocycles. The van der Waals surface area contributed by atoms with Crippen molar-refractivity contribution >= 4 is 11.8 Å². The number of thioether (sulfide) groups is 1. The van der Waals surface area contributed by atoms with Gasteiger partial charge in [0.05, 0.1) is 0 Å². The van der Waals surface area contributed by atoms with E-state index in [2.05, 4.69) is 6.92 Å². The maximum Gasteiger partial charge on any atom is 0.00911 e. The first-order valence-electron chi connectivity index (χ1n) is 3.20. The van der Waals surface area contributed by atoms with Crippen LogP contribution in [-0.4, -0.2) is 17.5 Å². The Labute approximate surface area is 55.0 Å². The van der Waals surface area contributed by atoms with Gasteiger partial charge in [-0.05, 0) is 24.6 Å². The van der Waals surface area contributed by atoms with Gasteiger partial charge >= 0.3 is 0 Å². The van der Waals surface area contributed by atoms with Crippen LogP contribution >= 0.6 is 11.8 Å². The monoisotopic (exact) mass is 131 g/mol. The van der Waals surface area contributed by atoms with Gasteiger partial charge < -0.3 is 5.73 Å². The summed E-state index contributed by atoms with van der Waals surface area (Å²) in [5.74, 6) is 2.11. The molecule has 0 saturated heterocycles. The van der Waals surface area contributed by atoms with Crippen LogP contribution in [0.1, 0.15) is 13.3 Å². The van der Waals surface area contributed by atoms with Crippen LogP contribution in [0.4, 0.5) is 0 Å². The summed E-state index contributed by atoms with van der Waals surface area (Å²) in [6, 6.07) is 0. The van der Waals surface area contributed by atoms with Gasteiger partial charge in [-0.1, -0.05) is 6.92 Å². The molecule has 0 heterocycles. The minimum atomic E-state index is 0.861. The third kappa shape index (κ3) is 1.39. The number of hydrogen-bond donors (Lipinski definition) is 1. The molecule has 48 valence electrons. The predicted octanol–water partition coefficient (Wildman–Crippen LogP) is 1.09. The first kappa shape index (κ1) is 6.43. The molecule has 0 aromatic carbocycles. The zero-order chi connectivity index (χ0) is 5.98.